The van der Waals surface area contributed by atoms with Crippen LogP contribution >= 0.6 is 11.3 Å². The molecule has 0 aliphatic rings. The minimum Gasteiger partial charge on any atom is -0.481 e. The molecule has 0 aliphatic heterocycles. The van der Waals surface area contributed by atoms with Crippen LogP contribution in [0.5, 0.6) is 11.8 Å². The Morgan fingerprint density at radius 2 is 1.84 bits per heavy atom. The molecule has 0 aliphatic carbocycles. The van der Waals surface area contributed by atoms with E-state index in [2.05, 4.69) is 20.3 Å². The van der Waals surface area contributed by atoms with E-state index in [4.69, 9.17) is 9.47 Å². The molecule has 0 unspecified atom stereocenters. The lowest BCUT2D eigenvalue weighted by atomic mass is 10.3. The number of rotatable bonds is 6. The monoisotopic (exact) mass is 280 g/mol. The van der Waals surface area contributed by atoms with E-state index < -0.39 is 0 Å². The molecule has 1 N–H and O–H groups in total. The normalized spacial score (nSPS) is 10.5. The lowest BCUT2D eigenvalue weighted by Crippen LogP contribution is -2.15. The van der Waals surface area contributed by atoms with Gasteiger partial charge in [0, 0.05) is 24.2 Å². The third kappa shape index (κ3) is 3.39. The third-order valence-corrected chi connectivity index (χ3v) is 3.46. The Morgan fingerprint density at radius 1 is 1.16 bits per heavy atom. The molecular weight excluding hydrogens is 264 g/mol. The van der Waals surface area contributed by atoms with Crippen LogP contribution in [0, 0.1) is 6.92 Å². The highest BCUT2D eigenvalue weighted by atomic mass is 32.1. The summed E-state index contributed by atoms with van der Waals surface area (Å²) in [6, 6.07) is 0. The molecule has 0 saturated heterocycles. The van der Waals surface area contributed by atoms with Gasteiger partial charge in [-0.25, -0.2) is 15.0 Å². The molecule has 19 heavy (non-hydrogen) atoms. The summed E-state index contributed by atoms with van der Waals surface area (Å²) >= 11 is 1.64. The van der Waals surface area contributed by atoms with Gasteiger partial charge in [-0.2, -0.15) is 0 Å². The molecule has 2 heterocycles. The second-order valence-electron chi connectivity index (χ2n) is 3.86. The van der Waals surface area contributed by atoms with Crippen LogP contribution in [-0.4, -0.2) is 29.2 Å². The van der Waals surface area contributed by atoms with Crippen molar-refractivity contribution >= 4 is 11.3 Å². The average molecular weight is 280 g/mol. The number of hydrogen-bond acceptors (Lipinski definition) is 7. The molecule has 2 rings (SSSR count). The topological polar surface area (TPSA) is 69.2 Å². The van der Waals surface area contributed by atoms with Gasteiger partial charge in [-0.05, 0) is 6.92 Å². The standard InChI is InChI=1S/C12H16N4O2S/c1-8-6-19-10(16-8)5-13-4-9-11(17-2)14-7-15-12(9)18-3/h6-7,13H,4-5H2,1-3H3. The summed E-state index contributed by atoms with van der Waals surface area (Å²) in [5, 5.41) is 6.37. The first-order valence-electron chi connectivity index (χ1n) is 5.78. The van der Waals surface area contributed by atoms with Gasteiger partial charge in [-0.3, -0.25) is 0 Å². The van der Waals surface area contributed by atoms with Crippen LogP contribution in [0.2, 0.25) is 0 Å². The fourth-order valence-electron chi connectivity index (χ4n) is 1.66. The fourth-order valence-corrected chi connectivity index (χ4v) is 2.40. The van der Waals surface area contributed by atoms with E-state index >= 15 is 0 Å². The summed E-state index contributed by atoms with van der Waals surface area (Å²) < 4.78 is 10.4. The Bertz CT molecular complexity index is 522. The van der Waals surface area contributed by atoms with Crippen molar-refractivity contribution in [1.29, 1.82) is 0 Å². The van der Waals surface area contributed by atoms with E-state index in [-0.39, 0.29) is 0 Å². The fraction of sp³-hybridized carbons (Fsp3) is 0.417. The van der Waals surface area contributed by atoms with Crippen molar-refractivity contribution in [1.82, 2.24) is 20.3 Å². The molecule has 0 aromatic carbocycles. The van der Waals surface area contributed by atoms with E-state index in [1.807, 2.05) is 12.3 Å². The Morgan fingerprint density at radius 3 is 2.37 bits per heavy atom. The first kappa shape index (κ1) is 13.7. The molecule has 102 valence electrons. The lowest BCUT2D eigenvalue weighted by Gasteiger charge is -2.10. The van der Waals surface area contributed by atoms with Crippen molar-refractivity contribution in [3.05, 3.63) is 28.0 Å². The van der Waals surface area contributed by atoms with Gasteiger partial charge in [0.05, 0.1) is 19.8 Å². The molecule has 2 aromatic rings. The first-order valence-corrected chi connectivity index (χ1v) is 6.66. The van der Waals surface area contributed by atoms with Crippen molar-refractivity contribution in [3.63, 3.8) is 0 Å². The van der Waals surface area contributed by atoms with E-state index in [0.29, 0.717) is 24.8 Å². The van der Waals surface area contributed by atoms with Crippen molar-refractivity contribution in [3.8, 4) is 11.8 Å². The predicted octanol–water partition coefficient (Wildman–Crippen LogP) is 1.55. The highest BCUT2D eigenvalue weighted by molar-refractivity contribution is 7.09. The number of thiazole rings is 1. The van der Waals surface area contributed by atoms with Gasteiger partial charge in [0.15, 0.2) is 0 Å². The highest BCUT2D eigenvalue weighted by Gasteiger charge is 2.12. The summed E-state index contributed by atoms with van der Waals surface area (Å²) in [4.78, 5) is 12.5. The third-order valence-electron chi connectivity index (χ3n) is 2.50. The minimum atomic E-state index is 0.523. The molecule has 0 fully saturated rings. The summed E-state index contributed by atoms with van der Waals surface area (Å²) in [5.74, 6) is 1.05. The molecule has 7 heteroatoms. The maximum absolute atomic E-state index is 5.21. The summed E-state index contributed by atoms with van der Waals surface area (Å²) in [5.41, 5.74) is 1.85. The average Bonchev–Trinajstić information content (AvgIpc) is 2.84. The Balaban J connectivity index is 2.02. The molecule has 0 spiro atoms. The van der Waals surface area contributed by atoms with Crippen LogP contribution in [-0.2, 0) is 13.1 Å². The zero-order valence-corrected chi connectivity index (χ0v) is 12.0. The molecular formula is C12H16N4O2S. The molecule has 0 saturated carbocycles. The first-order chi connectivity index (χ1) is 9.24. The quantitative estimate of drug-likeness (QED) is 0.865. The largest absolute Gasteiger partial charge is 0.481 e. The molecule has 0 amide bonds. The minimum absolute atomic E-state index is 0.523. The van der Waals surface area contributed by atoms with E-state index in [9.17, 15) is 0 Å². The molecule has 0 atom stereocenters. The summed E-state index contributed by atoms with van der Waals surface area (Å²) in [6.07, 6.45) is 1.42. The van der Waals surface area contributed by atoms with Gasteiger partial charge in [0.1, 0.15) is 11.3 Å². The SMILES string of the molecule is COc1ncnc(OC)c1CNCc1nc(C)cs1. The van der Waals surface area contributed by atoms with E-state index in [1.54, 1.807) is 25.6 Å². The summed E-state index contributed by atoms with van der Waals surface area (Å²) in [7, 11) is 3.16. The molecule has 6 nitrogen and oxygen atoms in total. The van der Waals surface area contributed by atoms with Gasteiger partial charge >= 0.3 is 0 Å². The second-order valence-corrected chi connectivity index (χ2v) is 4.80. The van der Waals surface area contributed by atoms with Crippen molar-refractivity contribution in [2.45, 2.75) is 20.0 Å². The van der Waals surface area contributed by atoms with Crippen LogP contribution in [0.4, 0.5) is 0 Å². The molecule has 0 bridgehead atoms. The smallest absolute Gasteiger partial charge is 0.224 e. The number of ether oxygens (including phenoxy) is 2. The van der Waals surface area contributed by atoms with Gasteiger partial charge in [0.2, 0.25) is 11.8 Å². The highest BCUT2D eigenvalue weighted by Crippen LogP contribution is 2.23. The van der Waals surface area contributed by atoms with Crippen LogP contribution in [0.25, 0.3) is 0 Å². The van der Waals surface area contributed by atoms with Crippen LogP contribution in [0.3, 0.4) is 0 Å². The molecule has 0 radical (unpaired) electrons. The maximum Gasteiger partial charge on any atom is 0.224 e. The number of nitrogens with zero attached hydrogens (tertiary/aromatic N) is 3. The van der Waals surface area contributed by atoms with Gasteiger partial charge in [-0.15, -0.1) is 11.3 Å². The number of hydrogen-bond donors (Lipinski definition) is 1. The number of aromatic nitrogens is 3. The number of aryl methyl sites for hydroxylation is 1. The van der Waals surface area contributed by atoms with Gasteiger partial charge < -0.3 is 14.8 Å². The van der Waals surface area contributed by atoms with Crippen molar-refractivity contribution in [2.24, 2.45) is 0 Å². The second kappa shape index (κ2) is 6.44. The van der Waals surface area contributed by atoms with Crippen molar-refractivity contribution < 1.29 is 9.47 Å². The number of nitrogens with one attached hydrogen (secondary N) is 1. The number of methoxy groups -OCH3 is 2. The zero-order chi connectivity index (χ0) is 13.7. The Hall–Kier alpha value is -1.73. The Labute approximate surface area is 115 Å². The molecule has 2 aromatic heterocycles. The lowest BCUT2D eigenvalue weighted by molar-refractivity contribution is 0.359. The maximum atomic E-state index is 5.21. The zero-order valence-electron chi connectivity index (χ0n) is 11.1. The van der Waals surface area contributed by atoms with Crippen molar-refractivity contribution in [2.75, 3.05) is 14.2 Å². The predicted molar refractivity (Wildman–Crippen MR) is 72.5 cm³/mol. The van der Waals surface area contributed by atoms with Crippen LogP contribution in [0.15, 0.2) is 11.7 Å². The van der Waals surface area contributed by atoms with Gasteiger partial charge in [-0.1, -0.05) is 0 Å². The van der Waals surface area contributed by atoms with Crippen LogP contribution in [0.1, 0.15) is 16.3 Å². The Kier molecular flexibility index (Phi) is 4.64. The van der Waals surface area contributed by atoms with Gasteiger partial charge in [0.25, 0.3) is 0 Å². The van der Waals surface area contributed by atoms with Crippen LogP contribution < -0.4 is 14.8 Å². The van der Waals surface area contributed by atoms with E-state index in [1.165, 1.54) is 6.33 Å². The summed E-state index contributed by atoms with van der Waals surface area (Å²) in [6.45, 7) is 3.24. The van der Waals surface area contributed by atoms with E-state index in [0.717, 1.165) is 16.3 Å².